The molecule has 0 radical (unpaired) electrons. The Balaban J connectivity index is 1.71. The van der Waals surface area contributed by atoms with E-state index >= 15 is 0 Å². The Morgan fingerprint density at radius 2 is 1.70 bits per heavy atom. The van der Waals surface area contributed by atoms with E-state index in [0.29, 0.717) is 5.69 Å². The predicted molar refractivity (Wildman–Crippen MR) is 101 cm³/mol. The van der Waals surface area contributed by atoms with Crippen LogP contribution in [0.4, 0.5) is 23.7 Å². The standard InChI is InChI=1S/C20H18F3N3O4/c1-12-3-7-14(8-4-12)24-16(27)11-26-17(28)19(2,25-18(26)29)13-5-9-15(10-6-13)30-20(21,22)23/h3-10H,11H2,1-2H3,(H,24,27)(H,25,29). The summed E-state index contributed by atoms with van der Waals surface area (Å²) in [6.07, 6.45) is -4.84. The van der Waals surface area contributed by atoms with E-state index in [1.54, 1.807) is 24.3 Å². The average molecular weight is 421 g/mol. The quantitative estimate of drug-likeness (QED) is 0.726. The largest absolute Gasteiger partial charge is 0.573 e. The first-order chi connectivity index (χ1) is 14.0. The molecular weight excluding hydrogens is 403 g/mol. The lowest BCUT2D eigenvalue weighted by atomic mass is 9.92. The number of anilines is 1. The number of alkyl halides is 3. The molecular formula is C20H18F3N3O4. The molecule has 10 heteroatoms. The van der Waals surface area contributed by atoms with Crippen LogP contribution >= 0.6 is 0 Å². The van der Waals surface area contributed by atoms with Gasteiger partial charge in [0.2, 0.25) is 5.91 Å². The summed E-state index contributed by atoms with van der Waals surface area (Å²) in [7, 11) is 0. The monoisotopic (exact) mass is 421 g/mol. The third-order valence-electron chi connectivity index (χ3n) is 4.58. The van der Waals surface area contributed by atoms with E-state index in [1.165, 1.54) is 19.1 Å². The second kappa shape index (κ2) is 7.69. The second-order valence-electron chi connectivity index (χ2n) is 6.93. The molecule has 1 heterocycles. The summed E-state index contributed by atoms with van der Waals surface area (Å²) in [5.41, 5.74) is 0.236. The fourth-order valence-electron chi connectivity index (χ4n) is 3.01. The zero-order chi connectivity index (χ0) is 22.1. The van der Waals surface area contributed by atoms with Gasteiger partial charge >= 0.3 is 12.4 Å². The Hall–Kier alpha value is -3.56. The average Bonchev–Trinajstić information content (AvgIpc) is 2.87. The number of carbonyl (C=O) groups excluding carboxylic acids is 3. The van der Waals surface area contributed by atoms with Crippen molar-refractivity contribution in [3.8, 4) is 5.75 Å². The number of carbonyl (C=O) groups is 3. The van der Waals surface area contributed by atoms with E-state index < -0.39 is 42.0 Å². The van der Waals surface area contributed by atoms with Gasteiger partial charge in [-0.05, 0) is 43.7 Å². The molecule has 2 N–H and O–H groups in total. The maximum absolute atomic E-state index is 12.8. The number of hydrogen-bond donors (Lipinski definition) is 2. The molecule has 1 aliphatic heterocycles. The van der Waals surface area contributed by atoms with Gasteiger partial charge in [-0.15, -0.1) is 13.2 Å². The molecule has 0 aromatic heterocycles. The number of benzene rings is 2. The molecule has 3 rings (SSSR count). The van der Waals surface area contributed by atoms with Crippen LogP contribution in [0.2, 0.25) is 0 Å². The summed E-state index contributed by atoms with van der Waals surface area (Å²) in [6.45, 7) is 2.79. The Labute approximate surface area is 169 Å². The van der Waals surface area contributed by atoms with Gasteiger partial charge in [0.25, 0.3) is 5.91 Å². The molecule has 0 aliphatic carbocycles. The van der Waals surface area contributed by atoms with Crippen molar-refractivity contribution < 1.29 is 32.3 Å². The number of imide groups is 1. The lowest BCUT2D eigenvalue weighted by Gasteiger charge is -2.22. The van der Waals surface area contributed by atoms with Gasteiger partial charge in [0.15, 0.2) is 0 Å². The van der Waals surface area contributed by atoms with Crippen LogP contribution in [0.5, 0.6) is 5.75 Å². The van der Waals surface area contributed by atoms with Crippen molar-refractivity contribution in [2.45, 2.75) is 25.7 Å². The highest BCUT2D eigenvalue weighted by Gasteiger charge is 2.49. The first-order valence-electron chi connectivity index (χ1n) is 8.85. The zero-order valence-corrected chi connectivity index (χ0v) is 16.0. The van der Waals surface area contributed by atoms with E-state index in [4.69, 9.17) is 0 Å². The maximum Gasteiger partial charge on any atom is 0.573 e. The molecule has 1 atom stereocenters. The van der Waals surface area contributed by atoms with Gasteiger partial charge in [0.05, 0.1) is 0 Å². The minimum absolute atomic E-state index is 0.247. The molecule has 2 aromatic carbocycles. The highest BCUT2D eigenvalue weighted by atomic mass is 19.4. The lowest BCUT2D eigenvalue weighted by Crippen LogP contribution is -2.42. The Bertz CT molecular complexity index is 974. The molecule has 1 unspecified atom stereocenters. The van der Waals surface area contributed by atoms with Gasteiger partial charge in [0.1, 0.15) is 17.8 Å². The summed E-state index contributed by atoms with van der Waals surface area (Å²) in [5, 5.41) is 5.08. The molecule has 2 aromatic rings. The number of halogens is 3. The SMILES string of the molecule is Cc1ccc(NC(=O)CN2C(=O)NC(C)(c3ccc(OC(F)(F)F)cc3)C2=O)cc1. The zero-order valence-electron chi connectivity index (χ0n) is 16.0. The predicted octanol–water partition coefficient (Wildman–Crippen LogP) is 3.30. The summed E-state index contributed by atoms with van der Waals surface area (Å²) in [4.78, 5) is 38.2. The normalized spacial score (nSPS) is 18.9. The van der Waals surface area contributed by atoms with Crippen molar-refractivity contribution in [1.29, 1.82) is 0 Å². The third-order valence-corrected chi connectivity index (χ3v) is 4.58. The molecule has 0 bridgehead atoms. The first kappa shape index (κ1) is 21.2. The van der Waals surface area contributed by atoms with E-state index in [2.05, 4.69) is 15.4 Å². The molecule has 158 valence electrons. The van der Waals surface area contributed by atoms with Gasteiger partial charge in [-0.25, -0.2) is 4.79 Å². The number of hydrogen-bond acceptors (Lipinski definition) is 4. The molecule has 4 amide bonds. The van der Waals surface area contributed by atoms with Crippen molar-refractivity contribution in [1.82, 2.24) is 10.2 Å². The summed E-state index contributed by atoms with van der Waals surface area (Å²) < 4.78 is 40.7. The number of nitrogens with one attached hydrogen (secondary N) is 2. The lowest BCUT2D eigenvalue weighted by molar-refractivity contribution is -0.274. The minimum Gasteiger partial charge on any atom is -0.406 e. The van der Waals surface area contributed by atoms with Crippen LogP contribution in [0, 0.1) is 6.92 Å². The van der Waals surface area contributed by atoms with E-state index in [9.17, 15) is 27.6 Å². The summed E-state index contributed by atoms with van der Waals surface area (Å²) >= 11 is 0. The number of rotatable bonds is 5. The van der Waals surface area contributed by atoms with Crippen LogP contribution in [-0.4, -0.2) is 35.7 Å². The van der Waals surface area contributed by atoms with Crippen LogP contribution in [0.1, 0.15) is 18.1 Å². The van der Waals surface area contributed by atoms with Crippen molar-refractivity contribution in [3.05, 3.63) is 59.7 Å². The number of aryl methyl sites for hydroxylation is 1. The van der Waals surface area contributed by atoms with Gasteiger partial charge < -0.3 is 15.4 Å². The highest BCUT2D eigenvalue weighted by Crippen LogP contribution is 2.31. The Morgan fingerprint density at radius 3 is 2.27 bits per heavy atom. The molecule has 0 saturated carbocycles. The van der Waals surface area contributed by atoms with E-state index in [0.717, 1.165) is 22.6 Å². The summed E-state index contributed by atoms with van der Waals surface area (Å²) in [5.74, 6) is -1.72. The van der Waals surface area contributed by atoms with Crippen LogP contribution in [0.3, 0.4) is 0 Å². The van der Waals surface area contributed by atoms with Crippen molar-refractivity contribution in [2.24, 2.45) is 0 Å². The van der Waals surface area contributed by atoms with Gasteiger partial charge in [-0.2, -0.15) is 0 Å². The molecule has 1 fully saturated rings. The van der Waals surface area contributed by atoms with Crippen LogP contribution < -0.4 is 15.4 Å². The second-order valence-corrected chi connectivity index (χ2v) is 6.93. The number of nitrogens with zero attached hydrogens (tertiary/aromatic N) is 1. The van der Waals surface area contributed by atoms with Gasteiger partial charge in [-0.1, -0.05) is 29.8 Å². The molecule has 0 spiro atoms. The van der Waals surface area contributed by atoms with Crippen LogP contribution in [-0.2, 0) is 15.1 Å². The smallest absolute Gasteiger partial charge is 0.406 e. The maximum atomic E-state index is 12.8. The first-order valence-corrected chi connectivity index (χ1v) is 8.85. The molecule has 1 aliphatic rings. The fraction of sp³-hybridized carbons (Fsp3) is 0.250. The van der Waals surface area contributed by atoms with Gasteiger partial charge in [-0.3, -0.25) is 14.5 Å². The molecule has 1 saturated heterocycles. The molecule has 30 heavy (non-hydrogen) atoms. The van der Waals surface area contributed by atoms with Crippen molar-refractivity contribution in [2.75, 3.05) is 11.9 Å². The van der Waals surface area contributed by atoms with E-state index in [-0.39, 0.29) is 5.56 Å². The third kappa shape index (κ3) is 4.53. The fourth-order valence-corrected chi connectivity index (χ4v) is 3.01. The van der Waals surface area contributed by atoms with Crippen molar-refractivity contribution >= 4 is 23.5 Å². The number of amides is 4. The summed E-state index contributed by atoms with van der Waals surface area (Å²) in [6, 6.07) is 10.8. The number of urea groups is 1. The van der Waals surface area contributed by atoms with Crippen LogP contribution in [0.15, 0.2) is 48.5 Å². The van der Waals surface area contributed by atoms with Gasteiger partial charge in [0, 0.05) is 5.69 Å². The Kier molecular flexibility index (Phi) is 5.43. The minimum atomic E-state index is -4.84. The number of ether oxygens (including phenoxy) is 1. The topological polar surface area (TPSA) is 87.7 Å². The van der Waals surface area contributed by atoms with E-state index in [1.807, 2.05) is 6.92 Å². The van der Waals surface area contributed by atoms with Crippen LogP contribution in [0.25, 0.3) is 0 Å². The van der Waals surface area contributed by atoms with Crippen molar-refractivity contribution in [3.63, 3.8) is 0 Å². The Morgan fingerprint density at radius 1 is 1.10 bits per heavy atom. The highest BCUT2D eigenvalue weighted by molar-refractivity contribution is 6.10. The molecule has 7 nitrogen and oxygen atoms in total.